The molecule has 0 bridgehead atoms. The second-order valence-electron chi connectivity index (χ2n) is 9.61. The molecule has 3 rings (SSSR count). The molecule has 1 aliphatic carbocycles. The largest absolute Gasteiger partial charge is 0.511 e. The van der Waals surface area contributed by atoms with Crippen LogP contribution in [0, 0.1) is 5.41 Å². The molecule has 2 heterocycles. The van der Waals surface area contributed by atoms with Crippen LogP contribution in [0.5, 0.6) is 0 Å². The summed E-state index contributed by atoms with van der Waals surface area (Å²) in [5.74, 6) is -0.534. The lowest BCUT2D eigenvalue weighted by molar-refractivity contribution is -0.344. The molecular formula is C21H33NO12. The summed E-state index contributed by atoms with van der Waals surface area (Å²) in [6.45, 7) is 2.24. The van der Waals surface area contributed by atoms with Gasteiger partial charge in [0.15, 0.2) is 18.4 Å². The molecule has 0 aromatic carbocycles. The van der Waals surface area contributed by atoms with Gasteiger partial charge in [-0.2, -0.15) is 0 Å². The van der Waals surface area contributed by atoms with Crippen molar-refractivity contribution in [3.8, 4) is 0 Å². The van der Waals surface area contributed by atoms with Crippen LogP contribution in [-0.4, -0.2) is 127 Å². The van der Waals surface area contributed by atoms with E-state index in [-0.39, 0.29) is 30.0 Å². The topological polar surface area (TPSA) is 219 Å². The number of aliphatic hydroxyl groups is 8. The average molecular weight is 491 g/mol. The number of hydrogen-bond donors (Lipinski definition) is 8. The van der Waals surface area contributed by atoms with Gasteiger partial charge in [0.1, 0.15) is 54.5 Å². The summed E-state index contributed by atoms with van der Waals surface area (Å²) in [7, 11) is 0. The molecule has 0 spiro atoms. The van der Waals surface area contributed by atoms with E-state index in [9.17, 15) is 45.6 Å². The molecule has 10 atom stereocenters. The summed E-state index contributed by atoms with van der Waals surface area (Å²) in [6.07, 6.45) is -12.7. The second-order valence-corrected chi connectivity index (χ2v) is 9.61. The average Bonchev–Trinajstić information content (AvgIpc) is 2.75. The summed E-state index contributed by atoms with van der Waals surface area (Å²) in [6, 6.07) is -1.42. The second kappa shape index (κ2) is 10.6. The van der Waals surface area contributed by atoms with Crippen LogP contribution >= 0.6 is 0 Å². The summed E-state index contributed by atoms with van der Waals surface area (Å²) in [5.41, 5.74) is -0.487. The van der Waals surface area contributed by atoms with Crippen LogP contribution in [0.2, 0.25) is 0 Å². The first-order valence-corrected chi connectivity index (χ1v) is 11.0. The van der Waals surface area contributed by atoms with Crippen LogP contribution in [-0.2, 0) is 19.0 Å². The van der Waals surface area contributed by atoms with Crippen LogP contribution in [0.15, 0.2) is 16.3 Å². The minimum absolute atomic E-state index is 0.0607. The van der Waals surface area contributed by atoms with Crippen molar-refractivity contribution in [2.45, 2.75) is 88.0 Å². The van der Waals surface area contributed by atoms with Gasteiger partial charge >= 0.3 is 0 Å². The molecule has 0 radical (unpaired) electrons. The first-order chi connectivity index (χ1) is 15.9. The molecule has 194 valence electrons. The molecule has 13 heteroatoms. The fraction of sp³-hybridized carbons (Fsp3) is 0.810. The van der Waals surface area contributed by atoms with Crippen molar-refractivity contribution in [1.29, 1.82) is 0 Å². The van der Waals surface area contributed by atoms with Gasteiger partial charge in [0.05, 0.1) is 18.8 Å². The third kappa shape index (κ3) is 5.49. The molecule has 0 saturated carbocycles. The summed E-state index contributed by atoms with van der Waals surface area (Å²) >= 11 is 0. The SMILES string of the molecule is CC1(C)CC(=O)C(C=N[C@@H]2[C@H](O)[C@H](O[C@@H]3O[C@H](CO)[C@H](O)[C@@H](O)[C@H]3O)[C@@H](CO)O[C@@H]2O)=C(O)C1. The van der Waals surface area contributed by atoms with Crippen molar-refractivity contribution in [3.63, 3.8) is 0 Å². The quantitative estimate of drug-likeness (QED) is 0.173. The Bertz CT molecular complexity index is 799. The van der Waals surface area contributed by atoms with Gasteiger partial charge in [-0.05, 0) is 5.41 Å². The number of hydrogen-bond acceptors (Lipinski definition) is 13. The number of ketones is 1. The lowest BCUT2D eigenvalue weighted by Gasteiger charge is -2.45. The van der Waals surface area contributed by atoms with Crippen molar-refractivity contribution in [2.24, 2.45) is 10.4 Å². The molecule has 34 heavy (non-hydrogen) atoms. The minimum atomic E-state index is -1.77. The Hall–Kier alpha value is -1.52. The Morgan fingerprint density at radius 3 is 2.21 bits per heavy atom. The van der Waals surface area contributed by atoms with Gasteiger partial charge in [0.2, 0.25) is 0 Å². The van der Waals surface area contributed by atoms with Crippen molar-refractivity contribution in [2.75, 3.05) is 13.2 Å². The highest BCUT2D eigenvalue weighted by Crippen LogP contribution is 2.35. The number of ether oxygens (including phenoxy) is 3. The van der Waals surface area contributed by atoms with Crippen LogP contribution in [0.3, 0.4) is 0 Å². The predicted molar refractivity (Wildman–Crippen MR) is 113 cm³/mol. The first-order valence-electron chi connectivity index (χ1n) is 11.0. The van der Waals surface area contributed by atoms with E-state index in [1.54, 1.807) is 0 Å². The van der Waals surface area contributed by atoms with E-state index < -0.39 is 80.0 Å². The molecule has 8 N–H and O–H groups in total. The van der Waals surface area contributed by atoms with E-state index in [0.717, 1.165) is 6.21 Å². The minimum Gasteiger partial charge on any atom is -0.511 e. The predicted octanol–water partition coefficient (Wildman–Crippen LogP) is -3.12. The summed E-state index contributed by atoms with van der Waals surface area (Å²) in [5, 5.41) is 80.5. The zero-order valence-corrected chi connectivity index (χ0v) is 18.8. The van der Waals surface area contributed by atoms with Crippen LogP contribution < -0.4 is 0 Å². The molecule has 3 aliphatic rings. The molecule has 2 aliphatic heterocycles. The lowest BCUT2D eigenvalue weighted by atomic mass is 9.77. The highest BCUT2D eigenvalue weighted by molar-refractivity contribution is 6.14. The van der Waals surface area contributed by atoms with Gasteiger partial charge in [-0.3, -0.25) is 9.79 Å². The van der Waals surface area contributed by atoms with E-state index in [1.165, 1.54) is 0 Å². The first kappa shape index (κ1) is 27.1. The van der Waals surface area contributed by atoms with Crippen molar-refractivity contribution >= 4 is 12.0 Å². The number of aliphatic hydroxyl groups excluding tert-OH is 8. The van der Waals surface area contributed by atoms with E-state index >= 15 is 0 Å². The standard InChI is InChI=1S/C21H33NO12/c1-21(2)3-9(25)8(10(26)4-21)5-22-13-15(28)18(12(7-24)32-19(13)31)34-20-17(30)16(29)14(27)11(6-23)33-20/h5,11-20,23-25,27-31H,3-4,6-7H2,1-2H3/t11-,12-,13-,14+,15+,16-,17-,18-,19+,20+/m1/s1. The van der Waals surface area contributed by atoms with Crippen LogP contribution in [0.4, 0.5) is 0 Å². The van der Waals surface area contributed by atoms with E-state index in [0.29, 0.717) is 0 Å². The molecule has 0 unspecified atom stereocenters. The van der Waals surface area contributed by atoms with E-state index in [1.807, 2.05) is 13.8 Å². The molecule has 13 nitrogen and oxygen atoms in total. The zero-order chi connectivity index (χ0) is 25.4. The molecule has 2 fully saturated rings. The molecule has 0 aromatic heterocycles. The Morgan fingerprint density at radius 2 is 1.62 bits per heavy atom. The fourth-order valence-corrected chi connectivity index (χ4v) is 4.34. The molecule has 0 aromatic rings. The molecule has 2 saturated heterocycles. The van der Waals surface area contributed by atoms with E-state index in [4.69, 9.17) is 14.2 Å². The van der Waals surface area contributed by atoms with Gasteiger partial charge in [0.25, 0.3) is 0 Å². The Labute approximate surface area is 195 Å². The number of carbonyl (C=O) groups is 1. The summed E-state index contributed by atoms with van der Waals surface area (Å²) < 4.78 is 16.1. The van der Waals surface area contributed by atoms with Crippen molar-refractivity contribution in [3.05, 3.63) is 11.3 Å². The van der Waals surface area contributed by atoms with Crippen LogP contribution in [0.25, 0.3) is 0 Å². The monoisotopic (exact) mass is 491 g/mol. The van der Waals surface area contributed by atoms with Gasteiger partial charge in [0, 0.05) is 19.1 Å². The van der Waals surface area contributed by atoms with Gasteiger partial charge in [-0.25, -0.2) is 0 Å². The zero-order valence-electron chi connectivity index (χ0n) is 18.8. The van der Waals surface area contributed by atoms with Crippen molar-refractivity contribution < 1.29 is 59.9 Å². The third-order valence-electron chi connectivity index (χ3n) is 6.25. The highest BCUT2D eigenvalue weighted by Gasteiger charge is 2.50. The molecular weight excluding hydrogens is 458 g/mol. The number of rotatable bonds is 6. The number of carbonyl (C=O) groups excluding carboxylic acids is 1. The highest BCUT2D eigenvalue weighted by atomic mass is 16.7. The number of nitrogens with zero attached hydrogens (tertiary/aromatic N) is 1. The maximum Gasteiger partial charge on any atom is 0.187 e. The fourth-order valence-electron chi connectivity index (χ4n) is 4.34. The van der Waals surface area contributed by atoms with Crippen molar-refractivity contribution in [1.82, 2.24) is 0 Å². The van der Waals surface area contributed by atoms with E-state index in [2.05, 4.69) is 4.99 Å². The Morgan fingerprint density at radius 1 is 0.971 bits per heavy atom. The Kier molecular flexibility index (Phi) is 8.46. The normalized spacial score (nSPS) is 43.5. The molecule has 0 amide bonds. The third-order valence-corrected chi connectivity index (χ3v) is 6.25. The maximum absolute atomic E-state index is 12.4. The van der Waals surface area contributed by atoms with Gasteiger partial charge in [-0.15, -0.1) is 0 Å². The van der Waals surface area contributed by atoms with Gasteiger partial charge in [-0.1, -0.05) is 13.8 Å². The number of Topliss-reactive ketones (excluding diaryl/α,β-unsaturated/α-hetero) is 1. The summed E-state index contributed by atoms with van der Waals surface area (Å²) in [4.78, 5) is 16.4. The number of aliphatic imine (C=N–C) groups is 1. The van der Waals surface area contributed by atoms with Crippen LogP contribution in [0.1, 0.15) is 26.7 Å². The lowest BCUT2D eigenvalue weighted by Crippen LogP contribution is -2.64. The van der Waals surface area contributed by atoms with Gasteiger partial charge < -0.3 is 55.1 Å². The smallest absolute Gasteiger partial charge is 0.187 e. The number of allylic oxidation sites excluding steroid dienone is 2. The Balaban J connectivity index is 1.80. The maximum atomic E-state index is 12.4.